The second-order valence-corrected chi connectivity index (χ2v) is 6.76. The van der Waals surface area contributed by atoms with Crippen LogP contribution in [0.15, 0.2) is 59.4 Å². The molecule has 0 aliphatic rings. The van der Waals surface area contributed by atoms with E-state index in [1.54, 1.807) is 24.3 Å². The van der Waals surface area contributed by atoms with Gasteiger partial charge in [0.05, 0.1) is 4.92 Å². The number of nitro benzene ring substituents is 1. The van der Waals surface area contributed by atoms with Crippen molar-refractivity contribution in [3.05, 3.63) is 91.9 Å². The van der Waals surface area contributed by atoms with Gasteiger partial charge in [-0.05, 0) is 37.6 Å². The van der Waals surface area contributed by atoms with Crippen LogP contribution in [-0.4, -0.2) is 33.1 Å². The van der Waals surface area contributed by atoms with Gasteiger partial charge < -0.3 is 4.74 Å². The smallest absolute Gasteiger partial charge is 0.294 e. The minimum absolute atomic E-state index is 0.0830. The Hall–Kier alpha value is -4.54. The zero-order valence-electron chi connectivity index (χ0n) is 17.2. The molecule has 32 heavy (non-hydrogen) atoms. The molecule has 3 aromatic rings. The molecule has 0 fully saturated rings. The predicted octanol–water partition coefficient (Wildman–Crippen LogP) is 1.60. The summed E-state index contributed by atoms with van der Waals surface area (Å²) in [7, 11) is 0. The highest BCUT2D eigenvalue weighted by atomic mass is 16.6. The third-order valence-corrected chi connectivity index (χ3v) is 4.30. The normalized spacial score (nSPS) is 10.3. The lowest BCUT2D eigenvalue weighted by Gasteiger charge is -2.12. The summed E-state index contributed by atoms with van der Waals surface area (Å²) < 4.78 is 6.45. The van der Waals surface area contributed by atoms with Crippen molar-refractivity contribution in [3.63, 3.8) is 0 Å². The van der Waals surface area contributed by atoms with E-state index in [1.807, 2.05) is 13.0 Å². The van der Waals surface area contributed by atoms with Gasteiger partial charge in [0.1, 0.15) is 11.4 Å². The maximum atomic E-state index is 12.4. The number of nitrogens with zero attached hydrogens (tertiary/aromatic N) is 3. The van der Waals surface area contributed by atoms with Crippen LogP contribution in [0.25, 0.3) is 5.69 Å². The first-order valence-corrected chi connectivity index (χ1v) is 9.39. The van der Waals surface area contributed by atoms with Crippen LogP contribution < -0.4 is 21.0 Å². The number of hydrogen-bond acceptors (Lipinski definition) is 7. The Labute approximate surface area is 181 Å². The Bertz CT molecular complexity index is 1250. The van der Waals surface area contributed by atoms with Crippen LogP contribution in [0.2, 0.25) is 0 Å². The van der Waals surface area contributed by atoms with Crippen molar-refractivity contribution in [2.45, 2.75) is 13.8 Å². The number of amides is 2. The van der Waals surface area contributed by atoms with Crippen molar-refractivity contribution in [1.29, 1.82) is 0 Å². The number of nitrogens with one attached hydrogen (secondary N) is 2. The molecule has 164 valence electrons. The van der Waals surface area contributed by atoms with Gasteiger partial charge in [-0.15, -0.1) is 0 Å². The summed E-state index contributed by atoms with van der Waals surface area (Å²) in [5.41, 5.74) is 4.05. The van der Waals surface area contributed by atoms with Gasteiger partial charge in [0.2, 0.25) is 5.43 Å². The number of aryl methyl sites for hydroxylation is 2. The lowest BCUT2D eigenvalue weighted by atomic mass is 10.2. The van der Waals surface area contributed by atoms with Crippen LogP contribution in [0, 0.1) is 24.0 Å². The monoisotopic (exact) mass is 437 g/mol. The Balaban J connectivity index is 1.73. The van der Waals surface area contributed by atoms with Crippen molar-refractivity contribution in [2.24, 2.45) is 0 Å². The van der Waals surface area contributed by atoms with Crippen molar-refractivity contribution < 1.29 is 19.2 Å². The number of para-hydroxylation sites is 2. The van der Waals surface area contributed by atoms with Crippen molar-refractivity contribution in [1.82, 2.24) is 20.6 Å². The van der Waals surface area contributed by atoms with Crippen molar-refractivity contribution in [2.75, 3.05) is 6.61 Å². The average molecular weight is 437 g/mol. The van der Waals surface area contributed by atoms with Gasteiger partial charge in [-0.1, -0.05) is 24.3 Å². The minimum Gasteiger partial charge on any atom is -0.484 e. The number of carbonyl (C=O) groups is 2. The Morgan fingerprint density at radius 2 is 1.84 bits per heavy atom. The quantitative estimate of drug-likeness (QED) is 0.440. The Morgan fingerprint density at radius 1 is 1.09 bits per heavy atom. The molecule has 3 rings (SSSR count). The van der Waals surface area contributed by atoms with E-state index in [2.05, 4.69) is 16.0 Å². The fraction of sp³-hybridized carbons (Fsp3) is 0.143. The summed E-state index contributed by atoms with van der Waals surface area (Å²) in [5, 5.41) is 15.3. The van der Waals surface area contributed by atoms with Crippen molar-refractivity contribution in [3.8, 4) is 11.4 Å². The number of hydrogen-bond donors (Lipinski definition) is 2. The van der Waals surface area contributed by atoms with E-state index in [0.717, 1.165) is 16.3 Å². The summed E-state index contributed by atoms with van der Waals surface area (Å²) in [6.07, 6.45) is 0. The molecule has 0 aliphatic heterocycles. The topological polar surface area (TPSA) is 145 Å². The molecule has 0 bridgehead atoms. The summed E-state index contributed by atoms with van der Waals surface area (Å²) >= 11 is 0. The van der Waals surface area contributed by atoms with Gasteiger partial charge in [0, 0.05) is 17.8 Å². The predicted molar refractivity (Wildman–Crippen MR) is 114 cm³/mol. The molecule has 11 nitrogen and oxygen atoms in total. The Morgan fingerprint density at radius 3 is 2.56 bits per heavy atom. The third kappa shape index (κ3) is 5.14. The molecule has 1 heterocycles. The second kappa shape index (κ2) is 9.51. The molecule has 0 radical (unpaired) electrons. The van der Waals surface area contributed by atoms with Gasteiger partial charge in [-0.3, -0.25) is 35.3 Å². The molecule has 0 unspecified atom stereocenters. The molecule has 0 aliphatic carbocycles. The number of rotatable bonds is 6. The average Bonchev–Trinajstić information content (AvgIpc) is 2.76. The van der Waals surface area contributed by atoms with Crippen LogP contribution >= 0.6 is 0 Å². The highest BCUT2D eigenvalue weighted by Gasteiger charge is 2.20. The molecule has 11 heteroatoms. The van der Waals surface area contributed by atoms with Gasteiger partial charge in [-0.2, -0.15) is 5.10 Å². The van der Waals surface area contributed by atoms with E-state index in [0.29, 0.717) is 5.75 Å². The summed E-state index contributed by atoms with van der Waals surface area (Å²) in [5.74, 6) is -1.16. The van der Waals surface area contributed by atoms with Gasteiger partial charge in [-0.25, -0.2) is 4.68 Å². The first-order valence-electron chi connectivity index (χ1n) is 9.39. The highest BCUT2D eigenvalue weighted by molar-refractivity contribution is 5.93. The van der Waals surface area contributed by atoms with E-state index in [1.165, 1.54) is 25.1 Å². The van der Waals surface area contributed by atoms with Crippen LogP contribution in [0.4, 0.5) is 5.69 Å². The van der Waals surface area contributed by atoms with Crippen LogP contribution in [-0.2, 0) is 4.79 Å². The SMILES string of the molecule is Cc1cccc(OCC(=O)NNC(=O)c2nn(-c3ccccc3[N+](=O)[O-])c(C)cc2=O)c1. The summed E-state index contributed by atoms with van der Waals surface area (Å²) in [4.78, 5) is 47.4. The standard InChI is InChI=1S/C21H19N5O6/c1-13-6-5-7-15(10-13)32-12-19(28)22-23-21(29)20-18(27)11-14(2)25(24-20)16-8-3-4-9-17(16)26(30)31/h3-11H,12H2,1-2H3,(H,22,28)(H,23,29). The van der Waals surface area contributed by atoms with Gasteiger partial charge >= 0.3 is 0 Å². The maximum Gasteiger partial charge on any atom is 0.294 e. The third-order valence-electron chi connectivity index (χ3n) is 4.30. The molecule has 2 amide bonds. The van der Waals surface area contributed by atoms with E-state index in [-0.39, 0.29) is 23.7 Å². The summed E-state index contributed by atoms with van der Waals surface area (Å²) in [6, 6.07) is 14.0. The van der Waals surface area contributed by atoms with E-state index in [4.69, 9.17) is 4.74 Å². The number of ether oxygens (including phenoxy) is 1. The zero-order chi connectivity index (χ0) is 23.3. The minimum atomic E-state index is -0.980. The second-order valence-electron chi connectivity index (χ2n) is 6.76. The molecular weight excluding hydrogens is 418 g/mol. The largest absolute Gasteiger partial charge is 0.484 e. The van der Waals surface area contributed by atoms with Crippen LogP contribution in [0.1, 0.15) is 21.7 Å². The lowest BCUT2D eigenvalue weighted by molar-refractivity contribution is -0.384. The fourth-order valence-corrected chi connectivity index (χ4v) is 2.82. The molecule has 0 saturated carbocycles. The van der Waals surface area contributed by atoms with Gasteiger partial charge in [0.25, 0.3) is 17.5 Å². The maximum absolute atomic E-state index is 12.4. The molecular formula is C21H19N5O6. The Kier molecular flexibility index (Phi) is 6.59. The fourth-order valence-electron chi connectivity index (χ4n) is 2.82. The number of carbonyl (C=O) groups excluding carboxylic acids is 2. The molecule has 2 N–H and O–H groups in total. The lowest BCUT2D eigenvalue weighted by Crippen LogP contribution is -2.45. The number of aromatic nitrogens is 2. The molecule has 0 saturated heterocycles. The van der Waals surface area contributed by atoms with Crippen molar-refractivity contribution >= 4 is 17.5 Å². The van der Waals surface area contributed by atoms with E-state index < -0.39 is 27.9 Å². The van der Waals surface area contributed by atoms with Crippen LogP contribution in [0.3, 0.4) is 0 Å². The number of nitro groups is 1. The number of hydrazine groups is 1. The summed E-state index contributed by atoms with van der Waals surface area (Å²) in [6.45, 7) is 3.03. The molecule has 1 aromatic heterocycles. The van der Waals surface area contributed by atoms with Gasteiger partial charge in [0.15, 0.2) is 12.3 Å². The zero-order valence-corrected chi connectivity index (χ0v) is 17.2. The first kappa shape index (κ1) is 22.2. The van der Waals surface area contributed by atoms with Crippen LogP contribution in [0.5, 0.6) is 5.75 Å². The molecule has 0 atom stereocenters. The molecule has 0 spiro atoms. The highest BCUT2D eigenvalue weighted by Crippen LogP contribution is 2.22. The first-order chi connectivity index (χ1) is 15.3. The number of benzene rings is 2. The van der Waals surface area contributed by atoms with E-state index in [9.17, 15) is 24.5 Å². The molecule has 2 aromatic carbocycles. The van der Waals surface area contributed by atoms with E-state index >= 15 is 0 Å².